The predicted molar refractivity (Wildman–Crippen MR) is 86.5 cm³/mol. The molecule has 3 rings (SSSR count). The van der Waals surface area contributed by atoms with Gasteiger partial charge in [0.25, 0.3) is 5.91 Å². The van der Waals surface area contributed by atoms with Gasteiger partial charge in [-0.3, -0.25) is 4.79 Å². The molecule has 2 atom stereocenters. The van der Waals surface area contributed by atoms with Crippen molar-refractivity contribution in [1.82, 2.24) is 10.2 Å². The van der Waals surface area contributed by atoms with E-state index in [0.29, 0.717) is 12.0 Å². The maximum absolute atomic E-state index is 12.6. The molecule has 3 nitrogen and oxygen atoms in total. The number of likely N-dealkylation sites (tertiary alicyclic amines) is 1. The first kappa shape index (κ1) is 15.8. The molecule has 0 aromatic heterocycles. The Hall–Kier alpha value is -0.580. The summed E-state index contributed by atoms with van der Waals surface area (Å²) in [4.78, 5) is 14.6. The standard InChI is InChI=1S/C15H19BrN2O.ClH/c1-10-2-3-12(13(16)8-10)15(19)18-7-5-14-11(9-18)4-6-17-14;/h2-3,8,11,14,17H,4-7,9H2,1H3;1H. The summed E-state index contributed by atoms with van der Waals surface area (Å²) in [6.45, 7) is 4.91. The maximum Gasteiger partial charge on any atom is 0.255 e. The van der Waals surface area contributed by atoms with Gasteiger partial charge in [0.15, 0.2) is 0 Å². The average Bonchev–Trinajstić information content (AvgIpc) is 2.85. The number of halogens is 2. The SMILES string of the molecule is Cc1ccc(C(=O)N2CCC3NCCC3C2)c(Br)c1.Cl. The summed E-state index contributed by atoms with van der Waals surface area (Å²) < 4.78 is 0.907. The van der Waals surface area contributed by atoms with Crippen molar-refractivity contribution < 1.29 is 4.79 Å². The highest BCUT2D eigenvalue weighted by molar-refractivity contribution is 9.10. The molecule has 0 spiro atoms. The lowest BCUT2D eigenvalue weighted by Crippen LogP contribution is -2.46. The molecule has 2 fully saturated rings. The number of piperidine rings is 1. The van der Waals surface area contributed by atoms with Gasteiger partial charge in [0.1, 0.15) is 0 Å². The lowest BCUT2D eigenvalue weighted by atomic mass is 9.93. The first-order valence-electron chi connectivity index (χ1n) is 6.94. The van der Waals surface area contributed by atoms with Crippen LogP contribution in [-0.4, -0.2) is 36.5 Å². The summed E-state index contributed by atoms with van der Waals surface area (Å²) in [6.07, 6.45) is 2.28. The molecule has 2 unspecified atom stereocenters. The van der Waals surface area contributed by atoms with E-state index in [-0.39, 0.29) is 18.3 Å². The number of fused-ring (bicyclic) bond motifs is 1. The van der Waals surface area contributed by atoms with Crippen molar-refractivity contribution >= 4 is 34.2 Å². The molecule has 1 aromatic rings. The van der Waals surface area contributed by atoms with Crippen LogP contribution in [0.15, 0.2) is 22.7 Å². The average molecular weight is 360 g/mol. The van der Waals surface area contributed by atoms with Crippen LogP contribution in [0.25, 0.3) is 0 Å². The Morgan fingerprint density at radius 1 is 1.40 bits per heavy atom. The van der Waals surface area contributed by atoms with Gasteiger partial charge in [-0.25, -0.2) is 0 Å². The van der Waals surface area contributed by atoms with Gasteiger partial charge in [-0.2, -0.15) is 0 Å². The van der Waals surface area contributed by atoms with Crippen LogP contribution < -0.4 is 5.32 Å². The van der Waals surface area contributed by atoms with E-state index in [2.05, 4.69) is 21.2 Å². The van der Waals surface area contributed by atoms with Crippen molar-refractivity contribution in [3.8, 4) is 0 Å². The monoisotopic (exact) mass is 358 g/mol. The zero-order chi connectivity index (χ0) is 13.4. The third-order valence-electron chi connectivity index (χ3n) is 4.30. The van der Waals surface area contributed by atoms with Crippen LogP contribution in [0.5, 0.6) is 0 Å². The van der Waals surface area contributed by atoms with Crippen LogP contribution in [-0.2, 0) is 0 Å². The molecular weight excluding hydrogens is 340 g/mol. The molecule has 110 valence electrons. The molecule has 2 aliphatic rings. The second kappa shape index (κ2) is 6.46. The van der Waals surface area contributed by atoms with E-state index < -0.39 is 0 Å². The summed E-state index contributed by atoms with van der Waals surface area (Å²) in [7, 11) is 0. The van der Waals surface area contributed by atoms with Gasteiger partial charge in [-0.1, -0.05) is 6.07 Å². The second-order valence-corrected chi connectivity index (χ2v) is 6.49. The summed E-state index contributed by atoms with van der Waals surface area (Å²) in [5.74, 6) is 0.805. The quantitative estimate of drug-likeness (QED) is 0.836. The van der Waals surface area contributed by atoms with E-state index in [4.69, 9.17) is 0 Å². The molecule has 2 saturated heterocycles. The lowest BCUT2D eigenvalue weighted by Gasteiger charge is -2.35. The summed E-state index contributed by atoms with van der Waals surface area (Å²) in [5, 5.41) is 3.53. The second-order valence-electron chi connectivity index (χ2n) is 5.63. The summed E-state index contributed by atoms with van der Waals surface area (Å²) in [6, 6.07) is 6.57. The van der Waals surface area contributed by atoms with Gasteiger partial charge < -0.3 is 10.2 Å². The van der Waals surface area contributed by atoms with Crippen molar-refractivity contribution in [2.45, 2.75) is 25.8 Å². The molecule has 1 aromatic carbocycles. The van der Waals surface area contributed by atoms with Crippen LogP contribution in [0.1, 0.15) is 28.8 Å². The van der Waals surface area contributed by atoms with E-state index in [9.17, 15) is 4.79 Å². The van der Waals surface area contributed by atoms with E-state index in [1.165, 1.54) is 12.0 Å². The van der Waals surface area contributed by atoms with Gasteiger partial charge >= 0.3 is 0 Å². The van der Waals surface area contributed by atoms with Crippen LogP contribution in [0.4, 0.5) is 0 Å². The number of benzene rings is 1. The van der Waals surface area contributed by atoms with Crippen molar-refractivity contribution in [3.05, 3.63) is 33.8 Å². The van der Waals surface area contributed by atoms with E-state index in [1.54, 1.807) is 0 Å². The number of nitrogens with one attached hydrogen (secondary N) is 1. The number of hydrogen-bond acceptors (Lipinski definition) is 2. The fraction of sp³-hybridized carbons (Fsp3) is 0.533. The highest BCUT2D eigenvalue weighted by Gasteiger charge is 2.34. The topological polar surface area (TPSA) is 32.3 Å². The number of nitrogens with zero attached hydrogens (tertiary/aromatic N) is 1. The molecule has 2 aliphatic heterocycles. The number of amides is 1. The number of carbonyl (C=O) groups is 1. The number of hydrogen-bond donors (Lipinski definition) is 1. The molecule has 5 heteroatoms. The van der Waals surface area contributed by atoms with Crippen molar-refractivity contribution in [3.63, 3.8) is 0 Å². The fourth-order valence-electron chi connectivity index (χ4n) is 3.20. The van der Waals surface area contributed by atoms with Gasteiger partial charge in [0.05, 0.1) is 5.56 Å². The summed E-state index contributed by atoms with van der Waals surface area (Å²) >= 11 is 3.51. The third-order valence-corrected chi connectivity index (χ3v) is 4.95. The maximum atomic E-state index is 12.6. The normalized spacial score (nSPS) is 25.0. The highest BCUT2D eigenvalue weighted by atomic mass is 79.9. The minimum Gasteiger partial charge on any atom is -0.338 e. The Morgan fingerprint density at radius 3 is 2.95 bits per heavy atom. The Kier molecular flexibility index (Phi) is 5.10. The zero-order valence-electron chi connectivity index (χ0n) is 11.6. The van der Waals surface area contributed by atoms with Crippen molar-refractivity contribution in [2.24, 2.45) is 5.92 Å². The Balaban J connectivity index is 0.00000147. The lowest BCUT2D eigenvalue weighted by molar-refractivity contribution is 0.0661. The van der Waals surface area contributed by atoms with Gasteiger partial charge in [-0.15, -0.1) is 12.4 Å². The Labute approximate surface area is 134 Å². The van der Waals surface area contributed by atoms with Crippen LogP contribution in [0.3, 0.4) is 0 Å². The van der Waals surface area contributed by atoms with Gasteiger partial charge in [0, 0.05) is 23.6 Å². The Morgan fingerprint density at radius 2 is 2.20 bits per heavy atom. The molecule has 0 radical (unpaired) electrons. The molecular formula is C15H20BrClN2O. The van der Waals surface area contributed by atoms with E-state index in [0.717, 1.165) is 36.1 Å². The zero-order valence-corrected chi connectivity index (χ0v) is 14.0. The largest absolute Gasteiger partial charge is 0.338 e. The fourth-order valence-corrected chi connectivity index (χ4v) is 3.86. The smallest absolute Gasteiger partial charge is 0.255 e. The molecule has 0 aliphatic carbocycles. The molecule has 1 N–H and O–H groups in total. The summed E-state index contributed by atoms with van der Waals surface area (Å²) in [5.41, 5.74) is 1.96. The highest BCUT2D eigenvalue weighted by Crippen LogP contribution is 2.27. The van der Waals surface area contributed by atoms with Gasteiger partial charge in [0.2, 0.25) is 0 Å². The van der Waals surface area contributed by atoms with Crippen molar-refractivity contribution in [1.29, 1.82) is 0 Å². The van der Waals surface area contributed by atoms with Crippen molar-refractivity contribution in [2.75, 3.05) is 19.6 Å². The molecule has 1 amide bonds. The molecule has 20 heavy (non-hydrogen) atoms. The van der Waals surface area contributed by atoms with Crippen LogP contribution >= 0.6 is 28.3 Å². The number of rotatable bonds is 1. The molecule has 0 saturated carbocycles. The first-order valence-corrected chi connectivity index (χ1v) is 7.73. The first-order chi connectivity index (χ1) is 9.15. The third kappa shape index (κ3) is 3.02. The number of aryl methyl sites for hydroxylation is 1. The van der Waals surface area contributed by atoms with E-state index in [1.807, 2.05) is 30.0 Å². The van der Waals surface area contributed by atoms with E-state index >= 15 is 0 Å². The minimum atomic E-state index is 0. The predicted octanol–water partition coefficient (Wildman–Crippen LogP) is 3.00. The Bertz CT molecular complexity index is 509. The van der Waals surface area contributed by atoms with Crippen LogP contribution in [0.2, 0.25) is 0 Å². The number of carbonyl (C=O) groups excluding carboxylic acids is 1. The minimum absolute atomic E-state index is 0. The van der Waals surface area contributed by atoms with Crippen LogP contribution in [0, 0.1) is 12.8 Å². The van der Waals surface area contributed by atoms with Gasteiger partial charge in [-0.05, 0) is 65.9 Å². The molecule has 0 bridgehead atoms. The molecule has 2 heterocycles.